The Bertz CT molecular complexity index is 1100. The fourth-order valence-corrected chi connectivity index (χ4v) is 4.44. The van der Waals surface area contributed by atoms with E-state index in [1.165, 1.54) is 37.5 Å². The van der Waals surface area contributed by atoms with Gasteiger partial charge in [-0.2, -0.15) is 0 Å². The fourth-order valence-electron chi connectivity index (χ4n) is 4.44. The number of furan rings is 1. The maximum absolute atomic E-state index is 13.3. The summed E-state index contributed by atoms with van der Waals surface area (Å²) in [5.74, 6) is -0.113. The molecular formula is C26H30N2O7. The normalized spacial score (nSPS) is 19.1. The van der Waals surface area contributed by atoms with Gasteiger partial charge in [-0.15, -0.1) is 0 Å². The molecule has 0 radical (unpaired) electrons. The van der Waals surface area contributed by atoms with E-state index < -0.39 is 23.5 Å². The Morgan fingerprint density at radius 1 is 1.17 bits per heavy atom. The van der Waals surface area contributed by atoms with Crippen molar-refractivity contribution in [1.29, 1.82) is 0 Å². The number of amides is 1. The molecule has 0 unspecified atom stereocenters. The highest BCUT2D eigenvalue weighted by Crippen LogP contribution is 2.43. The number of ether oxygens (including phenoxy) is 3. The Kier molecular flexibility index (Phi) is 7.89. The third-order valence-electron chi connectivity index (χ3n) is 6.22. The molecule has 4 rings (SSSR count). The van der Waals surface area contributed by atoms with E-state index in [-0.39, 0.29) is 5.57 Å². The van der Waals surface area contributed by atoms with Crippen molar-refractivity contribution in [3.05, 3.63) is 65.3 Å². The second-order valence-corrected chi connectivity index (χ2v) is 8.29. The lowest BCUT2D eigenvalue weighted by Gasteiger charge is -2.30. The molecule has 35 heavy (non-hydrogen) atoms. The Balaban J connectivity index is 1.65. The first-order valence-electron chi connectivity index (χ1n) is 11.6. The van der Waals surface area contributed by atoms with E-state index in [1.54, 1.807) is 30.3 Å². The number of hydrogen-bond acceptors (Lipinski definition) is 8. The number of allylic oxidation sites excluding steroid dienone is 1. The Labute approximate surface area is 204 Å². The van der Waals surface area contributed by atoms with Crippen LogP contribution in [0, 0.1) is 0 Å². The second-order valence-electron chi connectivity index (χ2n) is 8.29. The smallest absolute Gasteiger partial charge is 0.290 e. The van der Waals surface area contributed by atoms with Crippen LogP contribution in [-0.4, -0.2) is 80.2 Å². The number of carbonyl (C=O) groups excluding carboxylic acids is 2. The van der Waals surface area contributed by atoms with Crippen LogP contribution in [0.4, 0.5) is 0 Å². The highest BCUT2D eigenvalue weighted by atomic mass is 16.5. The van der Waals surface area contributed by atoms with E-state index >= 15 is 0 Å². The van der Waals surface area contributed by atoms with Crippen LogP contribution in [0.25, 0.3) is 6.08 Å². The van der Waals surface area contributed by atoms with Crippen LogP contribution in [0.15, 0.2) is 58.4 Å². The minimum Gasteiger partial charge on any atom is -0.503 e. The van der Waals surface area contributed by atoms with Gasteiger partial charge in [0.15, 0.2) is 11.5 Å². The average Bonchev–Trinajstić information content (AvgIpc) is 3.50. The fraction of sp³-hybridized carbons (Fsp3) is 0.385. The lowest BCUT2D eigenvalue weighted by atomic mass is 9.94. The zero-order valence-electron chi connectivity index (χ0n) is 19.9. The number of rotatable bonds is 10. The van der Waals surface area contributed by atoms with Gasteiger partial charge in [0, 0.05) is 31.7 Å². The van der Waals surface area contributed by atoms with Crippen molar-refractivity contribution in [1.82, 2.24) is 9.80 Å². The summed E-state index contributed by atoms with van der Waals surface area (Å²) in [5.41, 5.74) is 0.557. The lowest BCUT2D eigenvalue weighted by Crippen LogP contribution is -2.39. The molecule has 2 aliphatic rings. The monoisotopic (exact) mass is 482 g/mol. The maximum atomic E-state index is 13.3. The van der Waals surface area contributed by atoms with Gasteiger partial charge in [-0.1, -0.05) is 0 Å². The summed E-state index contributed by atoms with van der Waals surface area (Å²) < 4.78 is 21.6. The predicted molar refractivity (Wildman–Crippen MR) is 128 cm³/mol. The number of aliphatic hydroxyl groups is 1. The van der Waals surface area contributed by atoms with Crippen molar-refractivity contribution >= 4 is 17.8 Å². The molecule has 0 saturated carbocycles. The summed E-state index contributed by atoms with van der Waals surface area (Å²) >= 11 is 0. The van der Waals surface area contributed by atoms with Crippen LogP contribution < -0.4 is 9.47 Å². The van der Waals surface area contributed by atoms with Crippen LogP contribution in [0.3, 0.4) is 0 Å². The molecule has 0 bridgehead atoms. The molecule has 1 saturated heterocycles. The third kappa shape index (κ3) is 5.41. The minimum atomic E-state index is -0.828. The molecule has 1 fully saturated rings. The SMILES string of the molecule is COc1ccc(OC)c([C@@H]2C(C(=O)/C=C/c3ccco3)=C(O)C(=O)N2CCCN2CCOCC2)c1. The van der Waals surface area contributed by atoms with E-state index in [9.17, 15) is 14.7 Å². The Hall–Kier alpha value is -3.56. The molecule has 0 spiro atoms. The number of nitrogens with zero attached hydrogens (tertiary/aromatic N) is 2. The first kappa shape index (κ1) is 24.6. The van der Waals surface area contributed by atoms with Crippen LogP contribution in [0.5, 0.6) is 11.5 Å². The van der Waals surface area contributed by atoms with Gasteiger partial charge < -0.3 is 28.6 Å². The minimum absolute atomic E-state index is 0.00395. The van der Waals surface area contributed by atoms with Crippen molar-refractivity contribution in [2.45, 2.75) is 12.5 Å². The number of hydrogen-bond donors (Lipinski definition) is 1. The first-order chi connectivity index (χ1) is 17.0. The second kappa shape index (κ2) is 11.2. The number of benzene rings is 1. The lowest BCUT2D eigenvalue weighted by molar-refractivity contribution is -0.129. The van der Waals surface area contributed by atoms with Crippen LogP contribution in [-0.2, 0) is 14.3 Å². The molecule has 9 nitrogen and oxygen atoms in total. The number of aliphatic hydroxyl groups excluding tert-OH is 1. The molecule has 1 aromatic carbocycles. The molecule has 1 amide bonds. The van der Waals surface area contributed by atoms with Crippen LogP contribution in [0.1, 0.15) is 23.8 Å². The summed E-state index contributed by atoms with van der Waals surface area (Å²) in [6.07, 6.45) is 4.98. The van der Waals surface area contributed by atoms with Gasteiger partial charge in [0.25, 0.3) is 5.91 Å². The molecule has 2 aliphatic heterocycles. The molecule has 186 valence electrons. The Morgan fingerprint density at radius 2 is 1.97 bits per heavy atom. The third-order valence-corrected chi connectivity index (χ3v) is 6.22. The van der Waals surface area contributed by atoms with Crippen LogP contribution in [0.2, 0.25) is 0 Å². The molecule has 3 heterocycles. The summed E-state index contributed by atoms with van der Waals surface area (Å²) in [4.78, 5) is 30.3. The predicted octanol–water partition coefficient (Wildman–Crippen LogP) is 3.00. The molecule has 1 N–H and O–H groups in total. The van der Waals surface area contributed by atoms with Gasteiger partial charge in [-0.05, 0) is 48.9 Å². The quantitative estimate of drug-likeness (QED) is 0.516. The van der Waals surface area contributed by atoms with Crippen molar-refractivity contribution in [2.24, 2.45) is 0 Å². The van der Waals surface area contributed by atoms with E-state index in [4.69, 9.17) is 18.6 Å². The zero-order chi connectivity index (χ0) is 24.8. The Morgan fingerprint density at radius 3 is 2.66 bits per heavy atom. The van der Waals surface area contributed by atoms with Crippen molar-refractivity contribution in [3.63, 3.8) is 0 Å². The van der Waals surface area contributed by atoms with E-state index in [0.717, 1.165) is 19.6 Å². The number of carbonyl (C=O) groups is 2. The molecule has 0 aliphatic carbocycles. The van der Waals surface area contributed by atoms with Gasteiger partial charge in [0.2, 0.25) is 0 Å². The molecular weight excluding hydrogens is 452 g/mol. The van der Waals surface area contributed by atoms with Crippen molar-refractivity contribution < 1.29 is 33.3 Å². The largest absolute Gasteiger partial charge is 0.503 e. The topological polar surface area (TPSA) is 102 Å². The maximum Gasteiger partial charge on any atom is 0.290 e. The van der Waals surface area contributed by atoms with E-state index in [0.29, 0.717) is 49.0 Å². The van der Waals surface area contributed by atoms with Crippen LogP contribution >= 0.6 is 0 Å². The first-order valence-corrected chi connectivity index (χ1v) is 11.6. The number of morpholine rings is 1. The van der Waals surface area contributed by atoms with Gasteiger partial charge in [-0.25, -0.2) is 0 Å². The molecule has 2 aromatic rings. The van der Waals surface area contributed by atoms with E-state index in [2.05, 4.69) is 4.90 Å². The summed E-state index contributed by atoms with van der Waals surface area (Å²) in [7, 11) is 3.06. The summed E-state index contributed by atoms with van der Waals surface area (Å²) in [5, 5.41) is 10.8. The standard InChI is InChI=1S/C26H30N2O7/c1-32-19-7-9-22(33-2)20(17-19)24-23(21(29)8-6-18-5-3-14-35-18)25(30)26(31)28(24)11-4-10-27-12-15-34-16-13-27/h3,5-9,14,17,24,30H,4,10-13,15-16H2,1-2H3/b8-6+/t24-/m1/s1. The highest BCUT2D eigenvalue weighted by Gasteiger charge is 2.44. The summed E-state index contributed by atoms with van der Waals surface area (Å²) in [6.45, 7) is 4.18. The van der Waals surface area contributed by atoms with E-state index in [1.807, 2.05) is 0 Å². The molecule has 1 aromatic heterocycles. The molecule has 9 heteroatoms. The van der Waals surface area contributed by atoms with Gasteiger partial charge in [0.1, 0.15) is 17.3 Å². The zero-order valence-corrected chi connectivity index (χ0v) is 19.9. The van der Waals surface area contributed by atoms with Gasteiger partial charge >= 0.3 is 0 Å². The van der Waals surface area contributed by atoms with Gasteiger partial charge in [0.05, 0.1) is 45.3 Å². The van der Waals surface area contributed by atoms with Gasteiger partial charge in [-0.3, -0.25) is 14.5 Å². The average molecular weight is 483 g/mol. The van der Waals surface area contributed by atoms with Crippen molar-refractivity contribution in [3.8, 4) is 11.5 Å². The molecule has 1 atom stereocenters. The number of methoxy groups -OCH3 is 2. The number of ketones is 1. The highest BCUT2D eigenvalue weighted by molar-refractivity contribution is 6.14. The van der Waals surface area contributed by atoms with Crippen molar-refractivity contribution in [2.75, 3.05) is 53.6 Å². The summed E-state index contributed by atoms with van der Waals surface area (Å²) in [6, 6.07) is 7.78.